The van der Waals surface area contributed by atoms with Crippen LogP contribution in [0.25, 0.3) is 138 Å². The zero-order valence-electron chi connectivity index (χ0n) is 55.6. The van der Waals surface area contributed by atoms with Crippen LogP contribution in [0.4, 0.5) is 34.1 Å². The quantitative estimate of drug-likeness (QED) is 0.127. The molecule has 19 aromatic rings. The van der Waals surface area contributed by atoms with Crippen LogP contribution in [0.15, 0.2) is 376 Å². The highest BCUT2D eigenvalue weighted by Gasteiger charge is 2.46. The summed E-state index contributed by atoms with van der Waals surface area (Å²) in [5.41, 5.74) is 31.8. The van der Waals surface area contributed by atoms with Gasteiger partial charge in [0.2, 0.25) is 0 Å². The van der Waals surface area contributed by atoms with Gasteiger partial charge in [0.05, 0.1) is 44.5 Å². The first kappa shape index (κ1) is 57.6. The van der Waals surface area contributed by atoms with Crippen LogP contribution in [0.3, 0.4) is 0 Å². The summed E-state index contributed by atoms with van der Waals surface area (Å²) in [5, 5.41) is 7.36. The van der Waals surface area contributed by atoms with Gasteiger partial charge in [-0.25, -0.2) is 0 Å². The molecule has 16 aromatic carbocycles. The Labute approximate surface area is 591 Å². The van der Waals surface area contributed by atoms with Gasteiger partial charge in [-0.15, -0.1) is 0 Å². The zero-order chi connectivity index (χ0) is 66.9. The van der Waals surface area contributed by atoms with Crippen molar-refractivity contribution >= 4 is 123 Å². The number of hydrogen-bond donors (Lipinski definition) is 0. The molecule has 0 aliphatic carbocycles. The second kappa shape index (κ2) is 23.1. The van der Waals surface area contributed by atoms with Gasteiger partial charge in [0, 0.05) is 94.4 Å². The van der Waals surface area contributed by atoms with E-state index in [1.54, 1.807) is 0 Å². The van der Waals surface area contributed by atoms with Crippen molar-refractivity contribution in [1.82, 2.24) is 13.7 Å². The smallest absolute Gasteiger partial charge is 0.252 e. The van der Waals surface area contributed by atoms with Gasteiger partial charge in [-0.3, -0.25) is 0 Å². The third-order valence-corrected chi connectivity index (χ3v) is 21.6. The van der Waals surface area contributed by atoms with Gasteiger partial charge in [0.25, 0.3) is 6.71 Å². The van der Waals surface area contributed by atoms with Crippen LogP contribution in [-0.4, -0.2) is 20.4 Å². The molecule has 0 saturated carbocycles. The minimum Gasteiger partial charge on any atom is -0.310 e. The molecule has 0 saturated heterocycles. The molecule has 2 aliphatic heterocycles. The van der Waals surface area contributed by atoms with Crippen molar-refractivity contribution in [1.29, 1.82) is 0 Å². The number of nitrogens with zero attached hydrogens (tertiary/aromatic N) is 5. The fourth-order valence-electron chi connectivity index (χ4n) is 17.3. The van der Waals surface area contributed by atoms with Gasteiger partial charge in [-0.05, 0) is 135 Å². The molecule has 3 aromatic heterocycles. The Morgan fingerprint density at radius 1 is 0.186 bits per heavy atom. The standard InChI is InChI=1S/C96H62BN5/c1-5-27-64(28-6-1)72-41-25-42-73(65-29-7-2-8-30-65)95(72)101-90-61-70(99-86-47-21-15-37-78(86)79-38-16-22-48-87(79)99)55-57-82(90)97-83-58-56-71(100-88-49-23-17-39-80(88)81-40-18-24-50-89(81)100)62-91(83)102(96-74(66-31-9-3-10-32-66)43-26-44-75(96)67-33-11-4-12-34-67)93-60-68(59-92(101)94(93)97)63-51-53-69(54-52-63)98-84-45-19-13-35-76(84)77-36-14-20-46-85(77)98/h1-62H. The summed E-state index contributed by atoms with van der Waals surface area (Å²) in [7, 11) is 0. The maximum Gasteiger partial charge on any atom is 0.252 e. The molecule has 102 heavy (non-hydrogen) atoms. The van der Waals surface area contributed by atoms with Gasteiger partial charge in [0.1, 0.15) is 0 Å². The Bertz CT molecular complexity index is 5980. The predicted molar refractivity (Wildman–Crippen MR) is 431 cm³/mol. The van der Waals surface area contributed by atoms with Crippen LogP contribution in [0, 0.1) is 0 Å². The average molecular weight is 1300 g/mol. The highest BCUT2D eigenvalue weighted by molar-refractivity contribution is 7.00. The van der Waals surface area contributed by atoms with Crippen LogP contribution >= 0.6 is 0 Å². The molecular weight excluding hydrogens is 1230 g/mol. The lowest BCUT2D eigenvalue weighted by atomic mass is 9.33. The van der Waals surface area contributed by atoms with E-state index in [2.05, 4.69) is 400 Å². The Morgan fingerprint density at radius 2 is 0.461 bits per heavy atom. The van der Waals surface area contributed by atoms with Crippen molar-refractivity contribution in [2.75, 3.05) is 9.80 Å². The van der Waals surface area contributed by atoms with Gasteiger partial charge in [-0.1, -0.05) is 291 Å². The summed E-state index contributed by atoms with van der Waals surface area (Å²) >= 11 is 0. The van der Waals surface area contributed by atoms with E-state index in [1.165, 1.54) is 59.7 Å². The van der Waals surface area contributed by atoms with E-state index < -0.39 is 0 Å². The molecule has 0 atom stereocenters. The number of rotatable bonds is 10. The Morgan fingerprint density at radius 3 is 0.775 bits per heavy atom. The SMILES string of the molecule is c1ccc(-c2cccc(-c3ccccc3)c2N2c3cc(-n4c5ccccc5c5ccccc54)ccc3B3c4ccc(-n5c6ccccc6c6ccccc65)cc4N(c4c(-c5ccccc5)cccc4-c4ccccc4)c4cc(-c5ccc(-n6c7ccccc7c7ccccc76)cc5)cc2c43)cc1. The lowest BCUT2D eigenvalue weighted by Gasteiger charge is -2.46. The van der Waals surface area contributed by atoms with E-state index in [1.807, 2.05) is 0 Å². The number of anilines is 6. The molecule has 0 fully saturated rings. The third kappa shape index (κ3) is 8.79. The minimum absolute atomic E-state index is 0.258. The summed E-state index contributed by atoms with van der Waals surface area (Å²) in [5.74, 6) is 0. The van der Waals surface area contributed by atoms with Crippen LogP contribution in [-0.2, 0) is 0 Å². The highest BCUT2D eigenvalue weighted by Crippen LogP contribution is 2.54. The Hall–Kier alpha value is -13.4. The lowest BCUT2D eigenvalue weighted by molar-refractivity contribution is 1.17. The fourth-order valence-corrected chi connectivity index (χ4v) is 17.3. The molecule has 474 valence electrons. The first-order valence-electron chi connectivity index (χ1n) is 35.3. The van der Waals surface area contributed by atoms with E-state index in [9.17, 15) is 0 Å². The van der Waals surface area contributed by atoms with Crippen LogP contribution in [0.1, 0.15) is 0 Å². The van der Waals surface area contributed by atoms with Crippen molar-refractivity contribution in [3.63, 3.8) is 0 Å². The molecule has 2 aliphatic rings. The van der Waals surface area contributed by atoms with Gasteiger partial charge >= 0.3 is 0 Å². The van der Waals surface area contributed by atoms with Gasteiger partial charge in [-0.2, -0.15) is 0 Å². The van der Waals surface area contributed by atoms with Crippen molar-refractivity contribution in [3.05, 3.63) is 376 Å². The van der Waals surface area contributed by atoms with Crippen molar-refractivity contribution < 1.29 is 0 Å². The highest BCUT2D eigenvalue weighted by atomic mass is 15.2. The van der Waals surface area contributed by atoms with E-state index in [4.69, 9.17) is 0 Å². The lowest BCUT2D eigenvalue weighted by Crippen LogP contribution is -2.61. The van der Waals surface area contributed by atoms with Crippen molar-refractivity contribution in [2.24, 2.45) is 0 Å². The number of para-hydroxylation sites is 8. The topological polar surface area (TPSA) is 21.3 Å². The van der Waals surface area contributed by atoms with E-state index >= 15 is 0 Å². The van der Waals surface area contributed by atoms with Crippen molar-refractivity contribution in [2.45, 2.75) is 0 Å². The second-order valence-electron chi connectivity index (χ2n) is 27.0. The van der Waals surface area contributed by atoms with E-state index in [-0.39, 0.29) is 6.71 Å². The molecule has 0 amide bonds. The molecule has 0 radical (unpaired) electrons. The molecular formula is C96H62BN5. The van der Waals surface area contributed by atoms with E-state index in [0.717, 1.165) is 129 Å². The monoisotopic (exact) mass is 1300 g/mol. The first-order valence-corrected chi connectivity index (χ1v) is 35.3. The molecule has 21 rings (SSSR count). The largest absolute Gasteiger partial charge is 0.310 e. The predicted octanol–water partition coefficient (Wildman–Crippen LogP) is 23.4. The molecule has 5 heterocycles. The zero-order valence-corrected chi connectivity index (χ0v) is 55.6. The van der Waals surface area contributed by atoms with E-state index in [0.29, 0.717) is 0 Å². The van der Waals surface area contributed by atoms with Crippen LogP contribution < -0.4 is 26.2 Å². The normalized spacial score (nSPS) is 12.5. The van der Waals surface area contributed by atoms with Crippen LogP contribution in [0.5, 0.6) is 0 Å². The maximum absolute atomic E-state index is 2.68. The summed E-state index contributed by atoms with van der Waals surface area (Å²) in [6.07, 6.45) is 0. The summed E-state index contributed by atoms with van der Waals surface area (Å²) in [6.45, 7) is -0.258. The third-order valence-electron chi connectivity index (χ3n) is 21.6. The second-order valence-corrected chi connectivity index (χ2v) is 27.0. The summed E-state index contributed by atoms with van der Waals surface area (Å²) < 4.78 is 7.40. The van der Waals surface area contributed by atoms with Crippen molar-refractivity contribution in [3.8, 4) is 72.7 Å². The van der Waals surface area contributed by atoms with Gasteiger partial charge < -0.3 is 23.5 Å². The number of benzene rings is 16. The Balaban J connectivity index is 0.925. The summed E-state index contributed by atoms with van der Waals surface area (Å²) in [6, 6.07) is 140. The molecule has 0 spiro atoms. The molecule has 0 unspecified atom stereocenters. The summed E-state index contributed by atoms with van der Waals surface area (Å²) in [4.78, 5) is 5.36. The molecule has 5 nitrogen and oxygen atoms in total. The van der Waals surface area contributed by atoms with Gasteiger partial charge in [0.15, 0.2) is 0 Å². The van der Waals surface area contributed by atoms with Crippen LogP contribution in [0.2, 0.25) is 0 Å². The fraction of sp³-hybridized carbons (Fsp3) is 0. The number of fused-ring (bicyclic) bond motifs is 13. The molecule has 0 N–H and O–H groups in total. The average Bonchev–Trinajstić information content (AvgIpc) is 0.836. The molecule has 0 bridgehead atoms. The maximum atomic E-state index is 2.68. The first-order chi connectivity index (χ1) is 50.7. The minimum atomic E-state index is -0.258. The number of aromatic nitrogens is 3. The number of hydrogen-bond acceptors (Lipinski definition) is 2. The molecule has 6 heteroatoms. The Kier molecular flexibility index (Phi) is 13.1.